The van der Waals surface area contributed by atoms with Gasteiger partial charge in [-0.1, -0.05) is 6.92 Å². The van der Waals surface area contributed by atoms with Crippen LogP contribution in [0.2, 0.25) is 0 Å². The quantitative estimate of drug-likeness (QED) is 0.553. The van der Waals surface area contributed by atoms with Gasteiger partial charge >= 0.3 is 5.97 Å². The molecule has 0 fully saturated rings. The molecule has 48 valence electrons. The lowest BCUT2D eigenvalue weighted by molar-refractivity contribution is -0.143. The highest BCUT2D eigenvalue weighted by atomic mass is 16.4. The Morgan fingerprint density at radius 3 is 2.50 bits per heavy atom. The second-order valence-electron chi connectivity index (χ2n) is 1.42. The zero-order chi connectivity index (χ0) is 7.49. The van der Waals surface area contributed by atoms with E-state index in [1.54, 1.807) is 6.92 Å². The maximum Gasteiger partial charge on any atom is 0.308 e. The molecule has 0 aliphatic carbocycles. The Balaban J connectivity index is 4.09. The fourth-order valence-corrected chi connectivity index (χ4v) is 0.331. The van der Waals surface area contributed by atoms with Crippen LogP contribution in [0.5, 0.6) is 0 Å². The van der Waals surface area contributed by atoms with Crippen LogP contribution in [0.4, 0.5) is 0 Å². The molecular formula is C5H10O3. The van der Waals surface area contributed by atoms with Crippen LogP contribution in [0.3, 0.4) is 0 Å². The van der Waals surface area contributed by atoms with E-state index in [2.05, 4.69) is 0 Å². The molecule has 3 nitrogen and oxygen atoms in total. The fraction of sp³-hybridized carbons (Fsp3) is 0.800. The topological polar surface area (TPSA) is 57.5 Å². The first-order chi connectivity index (χ1) is 4.06. The van der Waals surface area contributed by atoms with Gasteiger partial charge in [0.1, 0.15) is 0 Å². The predicted molar refractivity (Wildman–Crippen MR) is 28.5 cm³/mol. The predicted octanol–water partition coefficient (Wildman–Crippen LogP) is 0.0895. The number of hydrogen-bond acceptors (Lipinski definition) is 2. The molecule has 0 spiro atoms. The van der Waals surface area contributed by atoms with Crippen LogP contribution >= 0.6 is 0 Å². The number of rotatable bonds is 3. The maximum atomic E-state index is 10.1. The van der Waals surface area contributed by atoms with Gasteiger partial charge in [0.15, 0.2) is 0 Å². The molecule has 2 N–H and O–H groups in total. The zero-order valence-corrected chi connectivity index (χ0v) is 4.72. The average Bonchev–Trinajstić information content (AvgIpc) is 1.86. The second kappa shape index (κ2) is 3.43. The van der Waals surface area contributed by atoms with Crippen molar-refractivity contribution in [2.75, 3.05) is 6.61 Å². The van der Waals surface area contributed by atoms with Crippen molar-refractivity contribution < 1.29 is 16.4 Å². The summed E-state index contributed by atoms with van der Waals surface area (Å²) in [6, 6.07) is 0. The zero-order valence-electron chi connectivity index (χ0n) is 5.72. The highest BCUT2D eigenvalue weighted by Crippen LogP contribution is 1.98. The molecule has 0 aromatic rings. The lowest BCUT2D eigenvalue weighted by atomic mass is 10.1. The molecule has 3 heteroatoms. The van der Waals surface area contributed by atoms with E-state index in [9.17, 15) is 4.79 Å². The van der Waals surface area contributed by atoms with Gasteiger partial charge in [-0.05, 0) is 6.42 Å². The minimum Gasteiger partial charge on any atom is -0.481 e. The van der Waals surface area contributed by atoms with Crippen LogP contribution < -0.4 is 0 Å². The van der Waals surface area contributed by atoms with Gasteiger partial charge in [-0.15, -0.1) is 0 Å². The molecule has 8 heavy (non-hydrogen) atoms. The monoisotopic (exact) mass is 119 g/mol. The molecular weight excluding hydrogens is 108 g/mol. The van der Waals surface area contributed by atoms with Crippen molar-refractivity contribution in [2.45, 2.75) is 13.3 Å². The van der Waals surface area contributed by atoms with Gasteiger partial charge in [-0.25, -0.2) is 0 Å². The van der Waals surface area contributed by atoms with Crippen molar-refractivity contribution >= 4 is 5.97 Å². The molecule has 1 atom stereocenters. The van der Waals surface area contributed by atoms with Crippen molar-refractivity contribution in [3.63, 3.8) is 0 Å². The Morgan fingerprint density at radius 2 is 2.50 bits per heavy atom. The number of aliphatic carboxylic acids is 1. The highest BCUT2D eigenvalue weighted by Gasteiger charge is 2.11. The van der Waals surface area contributed by atoms with Gasteiger partial charge in [0, 0.05) is 1.37 Å². The molecule has 0 radical (unpaired) electrons. The van der Waals surface area contributed by atoms with Gasteiger partial charge < -0.3 is 10.2 Å². The SMILES string of the molecule is [2H]C(CC)(CO)C(=O)O. The third-order valence-electron chi connectivity index (χ3n) is 0.920. The summed E-state index contributed by atoms with van der Waals surface area (Å²) >= 11 is 0. The number of aliphatic hydroxyl groups is 1. The van der Waals surface area contributed by atoms with Crippen molar-refractivity contribution in [1.82, 2.24) is 0 Å². The molecule has 0 aromatic carbocycles. The number of carbonyl (C=O) groups is 1. The highest BCUT2D eigenvalue weighted by molar-refractivity contribution is 5.69. The second-order valence-corrected chi connectivity index (χ2v) is 1.42. The molecule has 0 amide bonds. The van der Waals surface area contributed by atoms with Crippen molar-refractivity contribution in [3.8, 4) is 0 Å². The first-order valence-electron chi connectivity index (χ1n) is 2.91. The Morgan fingerprint density at radius 1 is 2.00 bits per heavy atom. The van der Waals surface area contributed by atoms with Gasteiger partial charge in [0.2, 0.25) is 0 Å². The van der Waals surface area contributed by atoms with E-state index in [-0.39, 0.29) is 6.42 Å². The van der Waals surface area contributed by atoms with E-state index in [4.69, 9.17) is 11.6 Å². The fourth-order valence-electron chi connectivity index (χ4n) is 0.331. The minimum atomic E-state index is -1.69. The molecule has 0 rings (SSSR count). The van der Waals surface area contributed by atoms with Crippen LogP contribution in [0.1, 0.15) is 14.7 Å². The van der Waals surface area contributed by atoms with Gasteiger partial charge in [-0.2, -0.15) is 0 Å². The number of hydrogen-bond donors (Lipinski definition) is 2. The van der Waals surface area contributed by atoms with E-state index in [0.717, 1.165) is 0 Å². The standard InChI is InChI=1S/C5H10O3/c1-2-4(3-6)5(7)8/h4,6H,2-3H2,1H3,(H,7,8)/i4D. The van der Waals surface area contributed by atoms with E-state index >= 15 is 0 Å². The van der Waals surface area contributed by atoms with Gasteiger partial charge in [0.25, 0.3) is 0 Å². The number of carboxylic acids is 1. The molecule has 1 unspecified atom stereocenters. The Kier molecular flexibility index (Phi) is 2.39. The van der Waals surface area contributed by atoms with Crippen LogP contribution in [0.15, 0.2) is 0 Å². The summed E-state index contributed by atoms with van der Waals surface area (Å²) < 4.78 is 7.02. The van der Waals surface area contributed by atoms with Crippen molar-refractivity contribution in [1.29, 1.82) is 0 Å². The summed E-state index contributed by atoms with van der Waals surface area (Å²) in [5.74, 6) is -2.97. The molecule has 0 bridgehead atoms. The van der Waals surface area contributed by atoms with Gasteiger partial charge in [-0.3, -0.25) is 4.79 Å². The Bertz CT molecular complexity index is 109. The van der Waals surface area contributed by atoms with Crippen molar-refractivity contribution in [3.05, 3.63) is 0 Å². The summed E-state index contributed by atoms with van der Waals surface area (Å²) in [4.78, 5) is 10.1. The molecule has 0 aliphatic rings. The van der Waals surface area contributed by atoms with E-state index < -0.39 is 18.5 Å². The minimum absolute atomic E-state index is 0.124. The molecule has 0 saturated heterocycles. The maximum absolute atomic E-state index is 10.1. The largest absolute Gasteiger partial charge is 0.481 e. The average molecular weight is 119 g/mol. The molecule has 0 heterocycles. The van der Waals surface area contributed by atoms with E-state index in [1.165, 1.54) is 0 Å². The first kappa shape index (κ1) is 5.56. The third-order valence-corrected chi connectivity index (χ3v) is 0.920. The lowest BCUT2D eigenvalue weighted by Gasteiger charge is -2.01. The molecule has 0 aromatic heterocycles. The summed E-state index contributed by atoms with van der Waals surface area (Å²) in [5, 5.41) is 16.7. The first-order valence-corrected chi connectivity index (χ1v) is 2.41. The number of carboxylic acid groups (broad SMARTS) is 1. The van der Waals surface area contributed by atoms with E-state index in [1.807, 2.05) is 0 Å². The summed E-state index contributed by atoms with van der Waals surface area (Å²) in [7, 11) is 0. The number of aliphatic hydroxyl groups excluding tert-OH is 1. The Labute approximate surface area is 49.4 Å². The smallest absolute Gasteiger partial charge is 0.308 e. The Hall–Kier alpha value is -0.570. The van der Waals surface area contributed by atoms with Gasteiger partial charge in [0.05, 0.1) is 12.5 Å². The summed E-state index contributed by atoms with van der Waals surface area (Å²) in [6.45, 7) is 0.927. The normalized spacial score (nSPS) is 19.0. The van der Waals surface area contributed by atoms with Crippen LogP contribution in [-0.2, 0) is 4.79 Å². The summed E-state index contributed by atoms with van der Waals surface area (Å²) in [5.41, 5.74) is 0. The molecule has 0 aliphatic heterocycles. The van der Waals surface area contributed by atoms with Crippen molar-refractivity contribution in [2.24, 2.45) is 5.89 Å². The summed E-state index contributed by atoms with van der Waals surface area (Å²) in [6.07, 6.45) is 0.124. The van der Waals surface area contributed by atoms with Crippen LogP contribution in [0, 0.1) is 5.89 Å². The molecule has 0 saturated carbocycles. The third kappa shape index (κ3) is 1.93. The van der Waals surface area contributed by atoms with Crippen LogP contribution in [0.25, 0.3) is 0 Å². The lowest BCUT2D eigenvalue weighted by Crippen LogP contribution is -2.16. The van der Waals surface area contributed by atoms with Crippen LogP contribution in [-0.4, -0.2) is 22.8 Å². The van der Waals surface area contributed by atoms with E-state index in [0.29, 0.717) is 0 Å².